The van der Waals surface area contributed by atoms with Crippen LogP contribution in [-0.4, -0.2) is 33.5 Å². The van der Waals surface area contributed by atoms with E-state index in [0.29, 0.717) is 35.1 Å². The summed E-state index contributed by atoms with van der Waals surface area (Å²) in [4.78, 5) is 18.8. The summed E-state index contributed by atoms with van der Waals surface area (Å²) in [5, 5.41) is 10.6. The average molecular weight is 335 g/mol. The first-order chi connectivity index (χ1) is 11.1. The third-order valence-electron chi connectivity index (χ3n) is 4.29. The van der Waals surface area contributed by atoms with E-state index in [1.165, 1.54) is 0 Å². The Balaban J connectivity index is 1.74. The van der Waals surface area contributed by atoms with Crippen LogP contribution < -0.4 is 0 Å². The van der Waals surface area contributed by atoms with Crippen molar-refractivity contribution in [2.24, 2.45) is 0 Å². The minimum Gasteiger partial charge on any atom is -0.467 e. The van der Waals surface area contributed by atoms with Crippen LogP contribution in [0.2, 0.25) is 5.15 Å². The van der Waals surface area contributed by atoms with Crippen molar-refractivity contribution in [1.29, 1.82) is 0 Å². The van der Waals surface area contributed by atoms with Crippen LogP contribution in [0.15, 0.2) is 34.9 Å². The zero-order chi connectivity index (χ0) is 16.4. The fourth-order valence-corrected chi connectivity index (χ4v) is 3.30. The van der Waals surface area contributed by atoms with Gasteiger partial charge in [-0.2, -0.15) is 0 Å². The molecule has 1 fully saturated rings. The molecule has 0 spiro atoms. The molecule has 1 aliphatic rings. The highest BCUT2D eigenvalue weighted by atomic mass is 35.5. The summed E-state index contributed by atoms with van der Waals surface area (Å²) in [6, 6.07) is 6.84. The zero-order valence-corrected chi connectivity index (χ0v) is 13.7. The monoisotopic (exact) mass is 334 g/mol. The van der Waals surface area contributed by atoms with Gasteiger partial charge in [-0.05, 0) is 44.0 Å². The number of pyridine rings is 1. The first kappa shape index (κ1) is 16.0. The third kappa shape index (κ3) is 3.41. The quantitative estimate of drug-likeness (QED) is 0.871. The van der Waals surface area contributed by atoms with Crippen molar-refractivity contribution in [3.63, 3.8) is 0 Å². The maximum absolute atomic E-state index is 12.8. The summed E-state index contributed by atoms with van der Waals surface area (Å²) in [5.41, 5.74) is 1.19. The van der Waals surface area contributed by atoms with Crippen molar-refractivity contribution in [1.82, 2.24) is 9.88 Å². The molecule has 0 aromatic carbocycles. The predicted octanol–water partition coefficient (Wildman–Crippen LogP) is 3.36. The number of carbonyl (C=O) groups excluding carboxylic acids is 1. The van der Waals surface area contributed by atoms with Crippen molar-refractivity contribution >= 4 is 17.5 Å². The standard InChI is InChI=1S/C17H19ClN2O3/c1-11-13(6-7-16(18)19-11)17(22)20-8-2-4-12(20)10-14(21)15-5-3-9-23-15/h3,5-7,9,12,14,21H,2,4,8,10H2,1H3. The first-order valence-corrected chi connectivity index (χ1v) is 8.09. The van der Waals surface area contributed by atoms with Crippen molar-refractivity contribution in [2.75, 3.05) is 6.54 Å². The molecule has 0 saturated carbocycles. The van der Waals surface area contributed by atoms with E-state index < -0.39 is 6.10 Å². The second-order valence-electron chi connectivity index (χ2n) is 5.83. The lowest BCUT2D eigenvalue weighted by atomic mass is 10.0. The Morgan fingerprint density at radius 3 is 3.04 bits per heavy atom. The summed E-state index contributed by atoms with van der Waals surface area (Å²) in [6.07, 6.45) is 3.12. The maximum Gasteiger partial charge on any atom is 0.255 e. The number of aryl methyl sites for hydroxylation is 1. The van der Waals surface area contributed by atoms with Gasteiger partial charge in [0.15, 0.2) is 0 Å². The van der Waals surface area contributed by atoms with Crippen molar-refractivity contribution in [3.8, 4) is 0 Å². The minimum atomic E-state index is -0.701. The molecule has 0 aliphatic carbocycles. The normalized spacial score (nSPS) is 19.1. The second-order valence-corrected chi connectivity index (χ2v) is 6.22. The molecule has 2 atom stereocenters. The number of halogens is 1. The Hall–Kier alpha value is -1.85. The highest BCUT2D eigenvalue weighted by Gasteiger charge is 2.32. The topological polar surface area (TPSA) is 66.6 Å². The van der Waals surface area contributed by atoms with E-state index in [9.17, 15) is 9.90 Å². The fourth-order valence-electron chi connectivity index (χ4n) is 3.11. The lowest BCUT2D eigenvalue weighted by molar-refractivity contribution is 0.0640. The summed E-state index contributed by atoms with van der Waals surface area (Å²) in [7, 11) is 0. The number of amides is 1. The zero-order valence-electron chi connectivity index (χ0n) is 12.9. The number of furan rings is 1. The fraction of sp³-hybridized carbons (Fsp3) is 0.412. The molecule has 3 rings (SSSR count). The van der Waals surface area contributed by atoms with E-state index in [2.05, 4.69) is 4.98 Å². The van der Waals surface area contributed by atoms with E-state index in [-0.39, 0.29) is 11.9 Å². The van der Waals surface area contributed by atoms with Crippen molar-refractivity contribution in [3.05, 3.63) is 52.7 Å². The second kappa shape index (κ2) is 6.72. The molecule has 3 heterocycles. The van der Waals surface area contributed by atoms with Gasteiger partial charge in [-0.3, -0.25) is 4.79 Å². The Labute approximate surface area is 139 Å². The van der Waals surface area contributed by atoms with Crippen LogP contribution in [0.4, 0.5) is 0 Å². The average Bonchev–Trinajstić information content (AvgIpc) is 3.18. The molecule has 0 bridgehead atoms. The Kier molecular flexibility index (Phi) is 4.68. The molecule has 5 nitrogen and oxygen atoms in total. The van der Waals surface area contributed by atoms with Gasteiger partial charge in [0.2, 0.25) is 0 Å². The van der Waals surface area contributed by atoms with Crippen LogP contribution >= 0.6 is 11.6 Å². The van der Waals surface area contributed by atoms with E-state index in [1.807, 2.05) is 4.90 Å². The largest absolute Gasteiger partial charge is 0.467 e. The van der Waals surface area contributed by atoms with E-state index >= 15 is 0 Å². The summed E-state index contributed by atoms with van der Waals surface area (Å²) in [6.45, 7) is 2.47. The smallest absolute Gasteiger partial charge is 0.255 e. The van der Waals surface area contributed by atoms with Crippen molar-refractivity contribution in [2.45, 2.75) is 38.3 Å². The van der Waals surface area contributed by atoms with Gasteiger partial charge in [-0.1, -0.05) is 11.6 Å². The molecular weight excluding hydrogens is 316 g/mol. The molecule has 1 saturated heterocycles. The molecule has 0 radical (unpaired) electrons. The number of likely N-dealkylation sites (tertiary alicyclic amines) is 1. The first-order valence-electron chi connectivity index (χ1n) is 7.72. The molecule has 1 N–H and O–H groups in total. The number of carbonyl (C=O) groups is 1. The van der Waals surface area contributed by atoms with Crippen molar-refractivity contribution < 1.29 is 14.3 Å². The lowest BCUT2D eigenvalue weighted by Crippen LogP contribution is -2.37. The molecule has 2 aromatic rings. The molecular formula is C17H19ClN2O3. The van der Waals surface area contributed by atoms with Gasteiger partial charge >= 0.3 is 0 Å². The lowest BCUT2D eigenvalue weighted by Gasteiger charge is -2.26. The van der Waals surface area contributed by atoms with Gasteiger partial charge in [0.25, 0.3) is 5.91 Å². The van der Waals surface area contributed by atoms with E-state index in [4.69, 9.17) is 16.0 Å². The number of aliphatic hydroxyl groups is 1. The van der Waals surface area contributed by atoms with Crippen LogP contribution in [0.1, 0.15) is 47.2 Å². The van der Waals surface area contributed by atoms with Crippen LogP contribution in [-0.2, 0) is 0 Å². The van der Waals surface area contributed by atoms with Crippen LogP contribution in [0.3, 0.4) is 0 Å². The van der Waals surface area contributed by atoms with E-state index in [1.54, 1.807) is 37.5 Å². The number of nitrogens with zero attached hydrogens (tertiary/aromatic N) is 2. The number of hydrogen-bond acceptors (Lipinski definition) is 4. The summed E-state index contributed by atoms with van der Waals surface area (Å²) < 4.78 is 5.24. The Bertz CT molecular complexity index is 687. The number of aliphatic hydroxyl groups excluding tert-OH is 1. The number of hydrogen-bond donors (Lipinski definition) is 1. The third-order valence-corrected chi connectivity index (χ3v) is 4.50. The van der Waals surface area contributed by atoms with E-state index in [0.717, 1.165) is 12.8 Å². The molecule has 122 valence electrons. The van der Waals surface area contributed by atoms with Gasteiger partial charge in [0.1, 0.15) is 17.0 Å². The Morgan fingerprint density at radius 2 is 2.35 bits per heavy atom. The molecule has 2 aromatic heterocycles. The van der Waals surface area contributed by atoms with Crippen LogP contribution in [0.5, 0.6) is 0 Å². The van der Waals surface area contributed by atoms with Gasteiger partial charge in [-0.25, -0.2) is 4.98 Å². The van der Waals surface area contributed by atoms with Gasteiger partial charge < -0.3 is 14.4 Å². The highest BCUT2D eigenvalue weighted by molar-refractivity contribution is 6.29. The molecule has 1 aliphatic heterocycles. The predicted molar refractivity (Wildman–Crippen MR) is 86.3 cm³/mol. The highest BCUT2D eigenvalue weighted by Crippen LogP contribution is 2.29. The Morgan fingerprint density at radius 1 is 1.52 bits per heavy atom. The minimum absolute atomic E-state index is 0.00215. The number of rotatable bonds is 4. The maximum atomic E-state index is 12.8. The summed E-state index contributed by atoms with van der Waals surface area (Å²) in [5.74, 6) is 0.481. The van der Waals surface area contributed by atoms with Gasteiger partial charge in [0.05, 0.1) is 17.5 Å². The summed E-state index contributed by atoms with van der Waals surface area (Å²) >= 11 is 5.86. The van der Waals surface area contributed by atoms with Crippen LogP contribution in [0, 0.1) is 6.92 Å². The number of aromatic nitrogens is 1. The van der Waals surface area contributed by atoms with Gasteiger partial charge in [-0.15, -0.1) is 0 Å². The van der Waals surface area contributed by atoms with Gasteiger partial charge in [0, 0.05) is 19.0 Å². The molecule has 2 unspecified atom stereocenters. The molecule has 6 heteroatoms. The molecule has 1 amide bonds. The SMILES string of the molecule is Cc1nc(Cl)ccc1C(=O)N1CCCC1CC(O)c1ccco1. The molecule has 23 heavy (non-hydrogen) atoms. The van der Waals surface area contributed by atoms with Crippen LogP contribution in [0.25, 0.3) is 0 Å².